The number of ether oxygens (including phenoxy) is 2. The van der Waals surface area contributed by atoms with E-state index in [1.807, 2.05) is 45.0 Å². The molecule has 1 amide bonds. The number of nitrogens with one attached hydrogen (secondary N) is 1. The number of hydrogen-bond acceptors (Lipinski definition) is 12. The molecule has 4 aromatic rings. The summed E-state index contributed by atoms with van der Waals surface area (Å²) in [6.45, 7) is 6.48. The van der Waals surface area contributed by atoms with Crippen molar-refractivity contribution < 1.29 is 23.5 Å². The number of hydrogen-bond donors (Lipinski definition) is 1. The third-order valence-electron chi connectivity index (χ3n) is 7.03. The summed E-state index contributed by atoms with van der Waals surface area (Å²) in [6, 6.07) is 11.2. The molecule has 0 aliphatic carbocycles. The number of amides is 1. The normalized spacial score (nSPS) is 18.6. The van der Waals surface area contributed by atoms with Crippen LogP contribution in [0.3, 0.4) is 0 Å². The zero-order chi connectivity index (χ0) is 30.0. The minimum absolute atomic E-state index is 0.216. The van der Waals surface area contributed by atoms with Crippen LogP contribution in [0.4, 0.5) is 16.4 Å². The van der Waals surface area contributed by atoms with Crippen LogP contribution in [0.25, 0.3) is 22.2 Å². The Morgan fingerprint density at radius 3 is 2.70 bits per heavy atom. The molecule has 1 fully saturated rings. The molecule has 2 aromatic carbocycles. The van der Waals surface area contributed by atoms with Crippen LogP contribution in [0.15, 0.2) is 75.0 Å². The highest BCUT2D eigenvalue weighted by Gasteiger charge is 2.38. The molecule has 1 atom stereocenters. The molecule has 2 aliphatic heterocycles. The molecule has 43 heavy (non-hydrogen) atoms. The smallest absolute Gasteiger partial charge is 0.410 e. The first kappa shape index (κ1) is 27.9. The molecule has 1 unspecified atom stereocenters. The van der Waals surface area contributed by atoms with Crippen LogP contribution in [-0.4, -0.2) is 63.2 Å². The number of carbonyl (C=O) groups excluding carboxylic acids is 2. The van der Waals surface area contributed by atoms with Crippen LogP contribution in [0.2, 0.25) is 0 Å². The van der Waals surface area contributed by atoms with E-state index in [0.29, 0.717) is 66.1 Å². The van der Waals surface area contributed by atoms with Crippen LogP contribution in [-0.2, 0) is 15.1 Å². The Morgan fingerprint density at radius 2 is 2.00 bits per heavy atom. The summed E-state index contributed by atoms with van der Waals surface area (Å²) < 4.78 is 17.4. The minimum atomic E-state index is -1.42. The van der Waals surface area contributed by atoms with Gasteiger partial charge in [0.25, 0.3) is 0 Å². The number of carbonyl (C=O) groups is 2. The van der Waals surface area contributed by atoms with Gasteiger partial charge in [-0.05, 0) is 44.2 Å². The Hall–Kier alpha value is -5.20. The average molecular weight is 583 g/mol. The third kappa shape index (κ3) is 6.05. The predicted molar refractivity (Wildman–Crippen MR) is 157 cm³/mol. The molecule has 13 heteroatoms. The first-order chi connectivity index (χ1) is 20.7. The maximum atomic E-state index is 12.5. The lowest BCUT2D eigenvalue weighted by molar-refractivity contribution is -0.110. The van der Waals surface area contributed by atoms with Gasteiger partial charge in [0.1, 0.15) is 17.5 Å². The van der Waals surface area contributed by atoms with Gasteiger partial charge >= 0.3 is 6.09 Å². The van der Waals surface area contributed by atoms with Crippen LogP contribution >= 0.6 is 0 Å². The van der Waals surface area contributed by atoms with Gasteiger partial charge in [-0.1, -0.05) is 12.1 Å². The van der Waals surface area contributed by atoms with E-state index in [1.54, 1.807) is 29.4 Å². The van der Waals surface area contributed by atoms with Crippen molar-refractivity contribution in [2.45, 2.75) is 50.9 Å². The van der Waals surface area contributed by atoms with Crippen molar-refractivity contribution in [2.24, 2.45) is 15.4 Å². The number of likely N-dealkylation sites (tertiary alicyclic amines) is 1. The number of aromatic nitrogens is 3. The van der Waals surface area contributed by atoms with Gasteiger partial charge in [-0.2, -0.15) is 0 Å². The van der Waals surface area contributed by atoms with Gasteiger partial charge in [-0.3, -0.25) is 4.79 Å². The van der Waals surface area contributed by atoms with Crippen LogP contribution in [0, 0.1) is 0 Å². The van der Waals surface area contributed by atoms with E-state index in [4.69, 9.17) is 18.9 Å². The number of fused-ring (bicyclic) bond motifs is 1. The van der Waals surface area contributed by atoms with E-state index in [2.05, 4.69) is 30.7 Å². The van der Waals surface area contributed by atoms with E-state index in [0.717, 1.165) is 11.3 Å². The van der Waals surface area contributed by atoms with Crippen molar-refractivity contribution in [3.8, 4) is 17.1 Å². The summed E-state index contributed by atoms with van der Waals surface area (Å²) in [5.74, 6) is 1.45. The SMILES string of the molecule is CC(C)(C)OC(=O)N1CCC(Oc2cc3nc(Nc4cccc(-c5cnco5)c4)ncc3cc2C2(C=O)C=NN=N2)CC1. The van der Waals surface area contributed by atoms with Crippen molar-refractivity contribution in [3.05, 3.63) is 60.7 Å². The van der Waals surface area contributed by atoms with Crippen molar-refractivity contribution in [1.29, 1.82) is 0 Å². The zero-order valence-electron chi connectivity index (χ0n) is 23.9. The zero-order valence-corrected chi connectivity index (χ0v) is 23.9. The van der Waals surface area contributed by atoms with Gasteiger partial charge in [0.05, 0.1) is 17.9 Å². The summed E-state index contributed by atoms with van der Waals surface area (Å²) in [5, 5.41) is 15.6. The van der Waals surface area contributed by atoms with Gasteiger partial charge < -0.3 is 24.1 Å². The molecule has 0 bridgehead atoms. The molecule has 0 radical (unpaired) electrons. The standard InChI is InChI=1S/C30H30N8O5/c1-29(2,3)43-28(40)38-9-7-22(8-10-38)42-25-13-24-20(12-23(25)30(17-39)16-33-37-36-30)14-32-27(35-24)34-21-6-4-5-19(11-21)26-15-31-18-41-26/h4-6,11-18,22H,7-10H2,1-3H3,(H,32,34,35). The molecular weight excluding hydrogens is 552 g/mol. The summed E-state index contributed by atoms with van der Waals surface area (Å²) in [6.07, 6.45) is 7.37. The second-order valence-corrected chi connectivity index (χ2v) is 11.3. The van der Waals surface area contributed by atoms with E-state index in [-0.39, 0.29) is 12.2 Å². The largest absolute Gasteiger partial charge is 0.490 e. The molecule has 6 rings (SSSR count). The number of rotatable bonds is 7. The lowest BCUT2D eigenvalue weighted by atomic mass is 9.91. The van der Waals surface area contributed by atoms with Crippen molar-refractivity contribution in [2.75, 3.05) is 18.4 Å². The van der Waals surface area contributed by atoms with E-state index in [9.17, 15) is 9.59 Å². The predicted octanol–water partition coefficient (Wildman–Crippen LogP) is 5.65. The van der Waals surface area contributed by atoms with E-state index < -0.39 is 11.1 Å². The topological polar surface area (TPSA) is 157 Å². The first-order valence-corrected chi connectivity index (χ1v) is 13.9. The number of oxazole rings is 1. The quantitative estimate of drug-likeness (QED) is 0.272. The lowest BCUT2D eigenvalue weighted by Gasteiger charge is -2.34. The Balaban J connectivity index is 1.27. The molecule has 2 aromatic heterocycles. The fourth-order valence-electron chi connectivity index (χ4n) is 4.91. The fraction of sp³-hybridized carbons (Fsp3) is 0.333. The first-order valence-electron chi connectivity index (χ1n) is 13.9. The Kier molecular flexibility index (Phi) is 7.30. The highest BCUT2D eigenvalue weighted by molar-refractivity contribution is 5.97. The molecule has 13 nitrogen and oxygen atoms in total. The maximum absolute atomic E-state index is 12.5. The Bertz CT molecular complexity index is 1690. The molecule has 1 N–H and O–H groups in total. The van der Waals surface area contributed by atoms with Crippen LogP contribution in [0.5, 0.6) is 5.75 Å². The molecule has 0 saturated carbocycles. The summed E-state index contributed by atoms with van der Waals surface area (Å²) in [7, 11) is 0. The highest BCUT2D eigenvalue weighted by atomic mass is 16.6. The number of piperidine rings is 1. The van der Waals surface area contributed by atoms with E-state index >= 15 is 0 Å². The van der Waals surface area contributed by atoms with E-state index in [1.165, 1.54) is 12.6 Å². The van der Waals surface area contributed by atoms with Crippen molar-refractivity contribution in [1.82, 2.24) is 19.9 Å². The number of benzene rings is 2. The van der Waals surface area contributed by atoms with Gasteiger partial charge in [0, 0.05) is 60.4 Å². The number of anilines is 2. The molecule has 2 aliphatic rings. The molecule has 1 saturated heterocycles. The number of aldehydes is 1. The van der Waals surface area contributed by atoms with Gasteiger partial charge in [-0.15, -0.1) is 10.2 Å². The minimum Gasteiger partial charge on any atom is -0.490 e. The molecule has 4 heterocycles. The van der Waals surface area contributed by atoms with Crippen LogP contribution in [0.1, 0.15) is 39.2 Å². The molecule has 0 spiro atoms. The molecule has 220 valence electrons. The average Bonchev–Trinajstić information content (AvgIpc) is 3.70. The highest BCUT2D eigenvalue weighted by Crippen LogP contribution is 2.38. The number of nitrogens with zero attached hydrogens (tertiary/aromatic N) is 7. The van der Waals surface area contributed by atoms with Gasteiger partial charge in [-0.25, -0.2) is 19.7 Å². The second kappa shape index (κ2) is 11.2. The Morgan fingerprint density at radius 1 is 1.16 bits per heavy atom. The lowest BCUT2D eigenvalue weighted by Crippen LogP contribution is -2.44. The van der Waals surface area contributed by atoms with Gasteiger partial charge in [0.2, 0.25) is 11.5 Å². The monoisotopic (exact) mass is 582 g/mol. The van der Waals surface area contributed by atoms with Gasteiger partial charge in [0.15, 0.2) is 18.4 Å². The Labute approximate surface area is 247 Å². The maximum Gasteiger partial charge on any atom is 0.410 e. The van der Waals surface area contributed by atoms with Crippen molar-refractivity contribution >= 4 is 41.1 Å². The summed E-state index contributed by atoms with van der Waals surface area (Å²) in [4.78, 5) is 39.7. The summed E-state index contributed by atoms with van der Waals surface area (Å²) >= 11 is 0. The van der Waals surface area contributed by atoms with Crippen LogP contribution < -0.4 is 10.1 Å². The summed E-state index contributed by atoms with van der Waals surface area (Å²) in [5.41, 5.74) is 0.716. The fourth-order valence-corrected chi connectivity index (χ4v) is 4.91. The second-order valence-electron chi connectivity index (χ2n) is 11.3. The van der Waals surface area contributed by atoms with Crippen molar-refractivity contribution in [3.63, 3.8) is 0 Å². The third-order valence-corrected chi connectivity index (χ3v) is 7.03. The molecular formula is C30H30N8O5.